The summed E-state index contributed by atoms with van der Waals surface area (Å²) in [6.07, 6.45) is 0. The third kappa shape index (κ3) is 5.43. The Morgan fingerprint density at radius 3 is 2.27 bits per heavy atom. The van der Waals surface area contributed by atoms with Crippen LogP contribution < -0.4 is 25.4 Å². The topological polar surface area (TPSA) is 106 Å². The van der Waals surface area contributed by atoms with Gasteiger partial charge in [0.25, 0.3) is 5.91 Å². The molecule has 2 aromatic carbocycles. The van der Waals surface area contributed by atoms with Crippen molar-refractivity contribution in [2.45, 2.75) is 6.04 Å². The molecule has 8 nitrogen and oxygen atoms in total. The van der Waals surface area contributed by atoms with E-state index in [1.54, 1.807) is 6.07 Å². The van der Waals surface area contributed by atoms with Crippen molar-refractivity contribution in [3.05, 3.63) is 59.2 Å². The van der Waals surface area contributed by atoms with E-state index in [0.29, 0.717) is 11.5 Å². The lowest BCUT2D eigenvalue weighted by Crippen LogP contribution is -2.43. The van der Waals surface area contributed by atoms with Crippen LogP contribution in [0.1, 0.15) is 22.0 Å². The molecule has 0 aromatic heterocycles. The van der Waals surface area contributed by atoms with E-state index in [0.717, 1.165) is 12.1 Å². The number of carbonyl (C=O) groups excluding carboxylic acids is 3. The van der Waals surface area contributed by atoms with Crippen molar-refractivity contribution in [3.8, 4) is 11.5 Å². The van der Waals surface area contributed by atoms with Crippen LogP contribution in [0.2, 0.25) is 0 Å². The van der Waals surface area contributed by atoms with E-state index in [4.69, 9.17) is 9.47 Å². The van der Waals surface area contributed by atoms with Crippen LogP contribution in [0.15, 0.2) is 36.4 Å². The third-order valence-corrected chi connectivity index (χ3v) is 4.15. The third-order valence-electron chi connectivity index (χ3n) is 4.15. The molecule has 30 heavy (non-hydrogen) atoms. The van der Waals surface area contributed by atoms with Gasteiger partial charge in [0.05, 0.1) is 20.8 Å². The molecule has 0 spiro atoms. The molecule has 2 aromatic rings. The fourth-order valence-electron chi connectivity index (χ4n) is 2.59. The molecule has 0 aliphatic carbocycles. The van der Waals surface area contributed by atoms with Crippen molar-refractivity contribution in [2.75, 3.05) is 27.8 Å². The molecule has 0 radical (unpaired) electrons. The number of ether oxygens (including phenoxy) is 2. The molecule has 0 bridgehead atoms. The van der Waals surface area contributed by atoms with Crippen molar-refractivity contribution in [3.63, 3.8) is 0 Å². The number of hydrogen-bond donors (Lipinski definition) is 3. The second kappa shape index (κ2) is 10.2. The van der Waals surface area contributed by atoms with E-state index in [9.17, 15) is 23.2 Å². The van der Waals surface area contributed by atoms with Crippen molar-refractivity contribution in [1.29, 1.82) is 0 Å². The molecule has 1 unspecified atom stereocenters. The number of rotatable bonds is 8. The average molecular weight is 421 g/mol. The number of hydrogen-bond acceptors (Lipinski definition) is 5. The molecular weight excluding hydrogens is 400 g/mol. The largest absolute Gasteiger partial charge is 0.493 e. The molecule has 10 heteroatoms. The summed E-state index contributed by atoms with van der Waals surface area (Å²) in [5.41, 5.74) is 0.275. The Morgan fingerprint density at radius 2 is 1.67 bits per heavy atom. The highest BCUT2D eigenvalue weighted by molar-refractivity contribution is 5.97. The predicted octanol–water partition coefficient (Wildman–Crippen LogP) is 1.32. The lowest BCUT2D eigenvalue weighted by atomic mass is 10.1. The van der Waals surface area contributed by atoms with Crippen LogP contribution in [-0.4, -0.2) is 45.5 Å². The van der Waals surface area contributed by atoms with Crippen molar-refractivity contribution in [1.82, 2.24) is 16.0 Å². The fourth-order valence-corrected chi connectivity index (χ4v) is 2.59. The maximum Gasteiger partial charge on any atom is 0.251 e. The Kier molecular flexibility index (Phi) is 7.68. The van der Waals surface area contributed by atoms with Gasteiger partial charge in [-0.15, -0.1) is 0 Å². The Labute approximate surface area is 171 Å². The van der Waals surface area contributed by atoms with Gasteiger partial charge in [-0.3, -0.25) is 14.4 Å². The fraction of sp³-hybridized carbons (Fsp3) is 0.250. The summed E-state index contributed by atoms with van der Waals surface area (Å²) >= 11 is 0. The molecule has 2 rings (SSSR count). The van der Waals surface area contributed by atoms with E-state index >= 15 is 0 Å². The molecule has 0 saturated carbocycles. The normalized spacial score (nSPS) is 11.2. The van der Waals surface area contributed by atoms with Gasteiger partial charge in [0.15, 0.2) is 23.1 Å². The first kappa shape index (κ1) is 22.6. The van der Waals surface area contributed by atoms with Gasteiger partial charge in [0.2, 0.25) is 11.8 Å². The van der Waals surface area contributed by atoms with Crippen LogP contribution in [0.3, 0.4) is 0 Å². The number of likely N-dealkylation sites (N-methyl/N-ethyl adjacent to an activating group) is 1. The molecule has 1 atom stereocenters. The number of carbonyl (C=O) groups is 3. The molecule has 160 valence electrons. The number of benzene rings is 2. The Morgan fingerprint density at radius 1 is 0.967 bits per heavy atom. The first-order valence-electron chi connectivity index (χ1n) is 8.76. The Hall–Kier alpha value is -3.69. The summed E-state index contributed by atoms with van der Waals surface area (Å²) in [5.74, 6) is -3.36. The lowest BCUT2D eigenvalue weighted by Gasteiger charge is -2.18. The minimum atomic E-state index is -1.27. The molecule has 0 aliphatic heterocycles. The zero-order chi connectivity index (χ0) is 22.3. The van der Waals surface area contributed by atoms with Crippen LogP contribution >= 0.6 is 0 Å². The van der Waals surface area contributed by atoms with Crippen molar-refractivity contribution in [2.24, 2.45) is 0 Å². The smallest absolute Gasteiger partial charge is 0.251 e. The van der Waals surface area contributed by atoms with Gasteiger partial charge in [-0.25, -0.2) is 8.78 Å². The zero-order valence-electron chi connectivity index (χ0n) is 16.5. The van der Waals surface area contributed by atoms with Gasteiger partial charge < -0.3 is 25.4 Å². The van der Waals surface area contributed by atoms with E-state index in [-0.39, 0.29) is 11.1 Å². The van der Waals surface area contributed by atoms with Crippen LogP contribution in [0.4, 0.5) is 8.78 Å². The lowest BCUT2D eigenvalue weighted by molar-refractivity contribution is -0.128. The van der Waals surface area contributed by atoms with E-state index in [1.807, 2.05) is 0 Å². The van der Waals surface area contributed by atoms with Gasteiger partial charge in [-0.2, -0.15) is 0 Å². The molecule has 3 amide bonds. The standard InChI is InChI=1S/C20H21F2N3O5/c1-23-20(28)18(11-4-6-13(21)14(22)8-11)25-17(26)10-24-19(27)12-5-7-15(29-2)16(9-12)30-3/h4-9,18H,10H2,1-3H3,(H,23,28)(H,24,27)(H,25,26). The zero-order valence-corrected chi connectivity index (χ0v) is 16.5. The second-order valence-electron chi connectivity index (χ2n) is 6.04. The van der Waals surface area contributed by atoms with Gasteiger partial charge in [0, 0.05) is 12.6 Å². The van der Waals surface area contributed by atoms with Crippen molar-refractivity contribution >= 4 is 17.7 Å². The van der Waals surface area contributed by atoms with Crippen LogP contribution in [-0.2, 0) is 9.59 Å². The minimum Gasteiger partial charge on any atom is -0.493 e. The number of methoxy groups -OCH3 is 2. The number of halogens is 2. The SMILES string of the molecule is CNC(=O)C(NC(=O)CNC(=O)c1ccc(OC)c(OC)c1)c1ccc(F)c(F)c1. The molecule has 0 heterocycles. The first-order chi connectivity index (χ1) is 14.3. The van der Waals surface area contributed by atoms with Gasteiger partial charge in [-0.05, 0) is 35.9 Å². The van der Waals surface area contributed by atoms with E-state index in [1.165, 1.54) is 39.5 Å². The van der Waals surface area contributed by atoms with Gasteiger partial charge in [-0.1, -0.05) is 6.07 Å². The molecule has 3 N–H and O–H groups in total. The van der Waals surface area contributed by atoms with Crippen LogP contribution in [0, 0.1) is 11.6 Å². The maximum absolute atomic E-state index is 13.5. The van der Waals surface area contributed by atoms with Gasteiger partial charge >= 0.3 is 0 Å². The highest BCUT2D eigenvalue weighted by atomic mass is 19.2. The number of nitrogens with one attached hydrogen (secondary N) is 3. The summed E-state index contributed by atoms with van der Waals surface area (Å²) in [6.45, 7) is -0.454. The van der Waals surface area contributed by atoms with Gasteiger partial charge in [0.1, 0.15) is 6.04 Å². The highest BCUT2D eigenvalue weighted by Crippen LogP contribution is 2.27. The predicted molar refractivity (Wildman–Crippen MR) is 103 cm³/mol. The Balaban J connectivity index is 2.06. The quantitative estimate of drug-likeness (QED) is 0.596. The van der Waals surface area contributed by atoms with Crippen molar-refractivity contribution < 1.29 is 32.6 Å². The summed E-state index contributed by atoms with van der Waals surface area (Å²) in [7, 11) is 4.21. The summed E-state index contributed by atoms with van der Waals surface area (Å²) in [5, 5.41) is 7.12. The van der Waals surface area contributed by atoms with Crippen LogP contribution in [0.5, 0.6) is 11.5 Å². The summed E-state index contributed by atoms with van der Waals surface area (Å²) in [4.78, 5) is 36.6. The van der Waals surface area contributed by atoms with E-state index in [2.05, 4.69) is 16.0 Å². The second-order valence-corrected chi connectivity index (χ2v) is 6.04. The van der Waals surface area contributed by atoms with E-state index < -0.39 is 41.9 Å². The Bertz CT molecular complexity index is 952. The summed E-state index contributed by atoms with van der Waals surface area (Å²) in [6, 6.07) is 6.06. The monoisotopic (exact) mass is 421 g/mol. The average Bonchev–Trinajstić information content (AvgIpc) is 2.76. The first-order valence-corrected chi connectivity index (χ1v) is 8.76. The molecule has 0 fully saturated rings. The summed E-state index contributed by atoms with van der Waals surface area (Å²) < 4.78 is 36.9. The molecule has 0 aliphatic rings. The highest BCUT2D eigenvalue weighted by Gasteiger charge is 2.23. The number of amides is 3. The van der Waals surface area contributed by atoms with Crippen LogP contribution in [0.25, 0.3) is 0 Å². The minimum absolute atomic E-state index is 0.0489. The molecular formula is C20H21F2N3O5. The molecule has 0 saturated heterocycles. The maximum atomic E-state index is 13.5.